The molecular formula is C14H12F2N2S2. The molecule has 0 spiro atoms. The molecule has 0 aliphatic rings. The van der Waals surface area contributed by atoms with Crippen molar-refractivity contribution < 1.29 is 8.78 Å². The zero-order chi connectivity index (χ0) is 14.1. The van der Waals surface area contributed by atoms with E-state index in [4.69, 9.17) is 5.84 Å². The SMILES string of the molecule is NNC(Cc1cccc(F)c1F)c1cc2sccc2s1. The molecule has 20 heavy (non-hydrogen) atoms. The topological polar surface area (TPSA) is 38.0 Å². The van der Waals surface area contributed by atoms with Crippen LogP contribution in [-0.2, 0) is 6.42 Å². The highest BCUT2D eigenvalue weighted by molar-refractivity contribution is 7.26. The van der Waals surface area contributed by atoms with Gasteiger partial charge >= 0.3 is 0 Å². The van der Waals surface area contributed by atoms with Crippen molar-refractivity contribution in [3.8, 4) is 0 Å². The Balaban J connectivity index is 1.90. The molecule has 0 amide bonds. The third kappa shape index (κ3) is 2.47. The highest BCUT2D eigenvalue weighted by Crippen LogP contribution is 2.34. The van der Waals surface area contributed by atoms with Crippen molar-refractivity contribution in [3.05, 3.63) is 57.8 Å². The molecule has 0 saturated heterocycles. The first-order valence-corrected chi connectivity index (χ1v) is 7.74. The van der Waals surface area contributed by atoms with Crippen molar-refractivity contribution in [3.63, 3.8) is 0 Å². The number of rotatable bonds is 4. The number of hydrogen-bond acceptors (Lipinski definition) is 4. The minimum Gasteiger partial charge on any atom is -0.271 e. The summed E-state index contributed by atoms with van der Waals surface area (Å²) in [4.78, 5) is 1.03. The summed E-state index contributed by atoms with van der Waals surface area (Å²) >= 11 is 3.27. The molecule has 6 heteroatoms. The molecule has 0 radical (unpaired) electrons. The van der Waals surface area contributed by atoms with Gasteiger partial charge in [0.1, 0.15) is 0 Å². The van der Waals surface area contributed by atoms with Crippen LogP contribution >= 0.6 is 22.7 Å². The smallest absolute Gasteiger partial charge is 0.162 e. The quantitative estimate of drug-likeness (QED) is 0.565. The molecule has 0 aliphatic heterocycles. The van der Waals surface area contributed by atoms with E-state index in [1.165, 1.54) is 15.5 Å². The van der Waals surface area contributed by atoms with Crippen LogP contribution in [0, 0.1) is 11.6 Å². The zero-order valence-electron chi connectivity index (χ0n) is 10.4. The van der Waals surface area contributed by atoms with E-state index in [1.54, 1.807) is 28.7 Å². The van der Waals surface area contributed by atoms with E-state index < -0.39 is 11.6 Å². The molecule has 1 atom stereocenters. The number of nitrogens with one attached hydrogen (secondary N) is 1. The van der Waals surface area contributed by atoms with Crippen LogP contribution in [0.25, 0.3) is 9.40 Å². The highest BCUT2D eigenvalue weighted by atomic mass is 32.1. The average molecular weight is 310 g/mol. The van der Waals surface area contributed by atoms with Crippen LogP contribution in [0.4, 0.5) is 8.78 Å². The predicted molar refractivity (Wildman–Crippen MR) is 79.8 cm³/mol. The number of nitrogens with two attached hydrogens (primary N) is 1. The van der Waals surface area contributed by atoms with Gasteiger partial charge < -0.3 is 0 Å². The lowest BCUT2D eigenvalue weighted by Crippen LogP contribution is -2.29. The van der Waals surface area contributed by atoms with Crippen molar-refractivity contribution in [1.29, 1.82) is 0 Å². The van der Waals surface area contributed by atoms with Crippen LogP contribution in [0.15, 0.2) is 35.7 Å². The molecular weight excluding hydrogens is 298 g/mol. The molecule has 0 fully saturated rings. The van der Waals surface area contributed by atoms with Gasteiger partial charge in [0, 0.05) is 14.3 Å². The lowest BCUT2D eigenvalue weighted by atomic mass is 10.0. The first-order chi connectivity index (χ1) is 9.69. The van der Waals surface area contributed by atoms with Gasteiger partial charge in [-0.2, -0.15) is 0 Å². The summed E-state index contributed by atoms with van der Waals surface area (Å²) in [5.41, 5.74) is 3.01. The van der Waals surface area contributed by atoms with Gasteiger partial charge in [-0.1, -0.05) is 12.1 Å². The average Bonchev–Trinajstić information content (AvgIpc) is 3.01. The summed E-state index contributed by atoms with van der Waals surface area (Å²) in [6.45, 7) is 0. The largest absolute Gasteiger partial charge is 0.271 e. The summed E-state index contributed by atoms with van der Waals surface area (Å²) in [7, 11) is 0. The third-order valence-corrected chi connectivity index (χ3v) is 5.37. The molecule has 1 unspecified atom stereocenters. The van der Waals surface area contributed by atoms with Gasteiger partial charge in [0.2, 0.25) is 0 Å². The number of hydrazine groups is 1. The van der Waals surface area contributed by atoms with Gasteiger partial charge in [-0.05, 0) is 35.6 Å². The fourth-order valence-corrected chi connectivity index (χ4v) is 4.30. The van der Waals surface area contributed by atoms with Gasteiger partial charge in [-0.25, -0.2) is 8.78 Å². The Morgan fingerprint density at radius 2 is 2.05 bits per heavy atom. The second-order valence-electron chi connectivity index (χ2n) is 4.43. The van der Waals surface area contributed by atoms with Crippen LogP contribution in [0.5, 0.6) is 0 Å². The van der Waals surface area contributed by atoms with Crippen LogP contribution in [0.1, 0.15) is 16.5 Å². The Kier molecular flexibility index (Phi) is 3.80. The Labute approximate surface area is 122 Å². The second kappa shape index (κ2) is 5.57. The minimum absolute atomic E-state index is 0.226. The maximum atomic E-state index is 13.7. The number of benzene rings is 1. The summed E-state index contributed by atoms with van der Waals surface area (Å²) in [6, 6.07) is 8.07. The van der Waals surface area contributed by atoms with Crippen LogP contribution < -0.4 is 11.3 Å². The van der Waals surface area contributed by atoms with Crippen LogP contribution in [-0.4, -0.2) is 0 Å². The predicted octanol–water partition coefficient (Wildman–Crippen LogP) is 3.99. The van der Waals surface area contributed by atoms with Crippen molar-refractivity contribution in [2.24, 2.45) is 5.84 Å². The fourth-order valence-electron chi connectivity index (χ4n) is 2.12. The summed E-state index contributed by atoms with van der Waals surface area (Å²) in [5.74, 6) is 3.95. The molecule has 1 aromatic carbocycles. The van der Waals surface area contributed by atoms with Gasteiger partial charge in [0.15, 0.2) is 11.6 Å². The van der Waals surface area contributed by atoms with E-state index in [2.05, 4.69) is 5.43 Å². The highest BCUT2D eigenvalue weighted by Gasteiger charge is 2.17. The molecule has 3 aromatic rings. The third-order valence-electron chi connectivity index (χ3n) is 3.16. The summed E-state index contributed by atoms with van der Waals surface area (Å²) < 4.78 is 29.3. The molecule has 0 aliphatic carbocycles. The second-order valence-corrected chi connectivity index (χ2v) is 6.50. The van der Waals surface area contributed by atoms with Gasteiger partial charge in [0.05, 0.1) is 6.04 Å². The van der Waals surface area contributed by atoms with E-state index in [0.717, 1.165) is 10.9 Å². The molecule has 104 valence electrons. The Bertz CT molecular complexity index is 707. The van der Waals surface area contributed by atoms with Gasteiger partial charge in [-0.15, -0.1) is 22.7 Å². The maximum absolute atomic E-state index is 13.7. The van der Waals surface area contributed by atoms with Crippen molar-refractivity contribution in [2.45, 2.75) is 12.5 Å². The summed E-state index contributed by atoms with van der Waals surface area (Å²) in [5, 5.41) is 2.03. The Morgan fingerprint density at radius 1 is 1.20 bits per heavy atom. The molecule has 2 aromatic heterocycles. The van der Waals surface area contributed by atoms with E-state index in [9.17, 15) is 8.78 Å². The maximum Gasteiger partial charge on any atom is 0.162 e. The normalized spacial score (nSPS) is 12.9. The minimum atomic E-state index is -0.828. The number of hydrogen-bond donors (Lipinski definition) is 2. The van der Waals surface area contributed by atoms with Crippen LogP contribution in [0.2, 0.25) is 0 Å². The van der Waals surface area contributed by atoms with Crippen molar-refractivity contribution >= 4 is 32.1 Å². The van der Waals surface area contributed by atoms with Gasteiger partial charge in [-0.3, -0.25) is 11.3 Å². The lowest BCUT2D eigenvalue weighted by Gasteiger charge is -2.14. The van der Waals surface area contributed by atoms with E-state index >= 15 is 0 Å². The molecule has 2 heterocycles. The van der Waals surface area contributed by atoms with Gasteiger partial charge in [0.25, 0.3) is 0 Å². The standard InChI is InChI=1S/C14H12F2N2S2/c15-9-3-1-2-8(14(9)16)6-10(18-17)12-7-13-11(20-12)4-5-19-13/h1-5,7,10,18H,6,17H2. The number of fused-ring (bicyclic) bond motifs is 1. The number of halogens is 2. The molecule has 3 rings (SSSR count). The molecule has 2 nitrogen and oxygen atoms in total. The molecule has 3 N–H and O–H groups in total. The molecule has 0 saturated carbocycles. The monoisotopic (exact) mass is 310 g/mol. The van der Waals surface area contributed by atoms with E-state index in [1.807, 2.05) is 17.5 Å². The Morgan fingerprint density at radius 3 is 2.80 bits per heavy atom. The number of thiophene rings is 2. The van der Waals surface area contributed by atoms with Crippen molar-refractivity contribution in [2.75, 3.05) is 0 Å². The first kappa shape index (κ1) is 13.6. The Hall–Kier alpha value is -1.34. The van der Waals surface area contributed by atoms with Crippen molar-refractivity contribution in [1.82, 2.24) is 5.43 Å². The lowest BCUT2D eigenvalue weighted by molar-refractivity contribution is 0.483. The van der Waals surface area contributed by atoms with Crippen LogP contribution in [0.3, 0.4) is 0 Å². The first-order valence-electron chi connectivity index (χ1n) is 6.05. The van der Waals surface area contributed by atoms with E-state index in [-0.39, 0.29) is 6.04 Å². The summed E-state index contributed by atoms with van der Waals surface area (Å²) in [6.07, 6.45) is 0.313. The fraction of sp³-hybridized carbons (Fsp3) is 0.143. The van der Waals surface area contributed by atoms with E-state index in [0.29, 0.717) is 12.0 Å². The molecule has 0 bridgehead atoms. The zero-order valence-corrected chi connectivity index (χ0v) is 12.0.